The first kappa shape index (κ1) is 12.8. The maximum Gasteiger partial charge on any atom is 0.239 e. The van der Waals surface area contributed by atoms with E-state index in [0.717, 1.165) is 0 Å². The number of likely N-dealkylation sites (N-methyl/N-ethyl adjacent to an activating group) is 1. The van der Waals surface area contributed by atoms with Crippen molar-refractivity contribution in [2.45, 2.75) is 13.0 Å². The van der Waals surface area contributed by atoms with E-state index in [2.05, 4.69) is 10.3 Å². The highest BCUT2D eigenvalue weighted by atomic mass is 35.5. The van der Waals surface area contributed by atoms with Gasteiger partial charge in [-0.05, 0) is 18.2 Å². The number of imidazole rings is 1. The molecule has 1 aromatic carbocycles. The van der Waals surface area contributed by atoms with Gasteiger partial charge in [-0.15, -0.1) is 11.6 Å². The largest absolute Gasteiger partial charge is 0.358 e. The minimum Gasteiger partial charge on any atom is -0.358 e. The van der Waals surface area contributed by atoms with Gasteiger partial charge >= 0.3 is 0 Å². The Labute approximate surface area is 109 Å². The van der Waals surface area contributed by atoms with Crippen LogP contribution < -0.4 is 5.32 Å². The van der Waals surface area contributed by atoms with E-state index >= 15 is 0 Å². The van der Waals surface area contributed by atoms with Crippen LogP contribution in [0.3, 0.4) is 0 Å². The van der Waals surface area contributed by atoms with Crippen LogP contribution in [0.2, 0.25) is 0 Å². The predicted octanol–water partition coefficient (Wildman–Crippen LogP) is 1.70. The molecule has 1 N–H and O–H groups in total. The molecule has 0 unspecified atom stereocenters. The SMILES string of the molecule is CNC(=O)Cn1c(CCCl)nc2ccc(F)cc21. The summed E-state index contributed by atoms with van der Waals surface area (Å²) in [5.74, 6) is 0.584. The van der Waals surface area contributed by atoms with E-state index in [1.54, 1.807) is 17.7 Å². The van der Waals surface area contributed by atoms with Crippen molar-refractivity contribution in [3.63, 3.8) is 0 Å². The van der Waals surface area contributed by atoms with Crippen molar-refractivity contribution in [1.82, 2.24) is 14.9 Å². The van der Waals surface area contributed by atoms with Gasteiger partial charge < -0.3 is 9.88 Å². The van der Waals surface area contributed by atoms with Crippen LogP contribution in [0.4, 0.5) is 4.39 Å². The van der Waals surface area contributed by atoms with E-state index in [0.29, 0.717) is 29.2 Å². The Balaban J connectivity index is 2.53. The van der Waals surface area contributed by atoms with E-state index < -0.39 is 0 Å². The Morgan fingerprint density at radius 1 is 1.56 bits per heavy atom. The summed E-state index contributed by atoms with van der Waals surface area (Å²) in [6, 6.07) is 4.33. The Hall–Kier alpha value is -1.62. The highest BCUT2D eigenvalue weighted by Gasteiger charge is 2.13. The van der Waals surface area contributed by atoms with Crippen molar-refractivity contribution in [3.8, 4) is 0 Å². The van der Waals surface area contributed by atoms with Gasteiger partial charge in [0.15, 0.2) is 0 Å². The van der Waals surface area contributed by atoms with Crippen molar-refractivity contribution in [2.24, 2.45) is 0 Å². The maximum atomic E-state index is 13.3. The number of halogens is 2. The Kier molecular flexibility index (Phi) is 3.81. The molecule has 0 saturated heterocycles. The molecular weight excluding hydrogens is 257 g/mol. The van der Waals surface area contributed by atoms with E-state index in [-0.39, 0.29) is 18.3 Å². The number of amides is 1. The molecule has 0 fully saturated rings. The smallest absolute Gasteiger partial charge is 0.239 e. The first-order valence-corrected chi connectivity index (χ1v) is 6.10. The van der Waals surface area contributed by atoms with Gasteiger partial charge in [0, 0.05) is 19.3 Å². The molecule has 0 bridgehead atoms. The number of nitrogens with one attached hydrogen (secondary N) is 1. The summed E-state index contributed by atoms with van der Waals surface area (Å²) in [5, 5.41) is 2.54. The highest BCUT2D eigenvalue weighted by Crippen LogP contribution is 2.18. The fraction of sp³-hybridized carbons (Fsp3) is 0.333. The standard InChI is InChI=1S/C12H13ClFN3O/c1-15-12(18)7-17-10-6-8(14)2-3-9(10)16-11(17)4-5-13/h2-3,6H,4-5,7H2,1H3,(H,15,18). The zero-order valence-corrected chi connectivity index (χ0v) is 10.7. The number of hydrogen-bond donors (Lipinski definition) is 1. The summed E-state index contributed by atoms with van der Waals surface area (Å²) in [6.45, 7) is 0.114. The van der Waals surface area contributed by atoms with Crippen molar-refractivity contribution in [3.05, 3.63) is 29.8 Å². The lowest BCUT2D eigenvalue weighted by molar-refractivity contribution is -0.121. The van der Waals surface area contributed by atoms with Gasteiger partial charge in [-0.3, -0.25) is 4.79 Å². The van der Waals surface area contributed by atoms with E-state index in [9.17, 15) is 9.18 Å². The molecule has 0 atom stereocenters. The molecule has 18 heavy (non-hydrogen) atoms. The van der Waals surface area contributed by atoms with Crippen LogP contribution in [0, 0.1) is 5.82 Å². The van der Waals surface area contributed by atoms with Gasteiger partial charge in [-0.2, -0.15) is 0 Å². The molecule has 0 aliphatic heterocycles. The number of alkyl halides is 1. The lowest BCUT2D eigenvalue weighted by atomic mass is 10.3. The average molecular weight is 270 g/mol. The quantitative estimate of drug-likeness (QED) is 0.859. The van der Waals surface area contributed by atoms with Crippen LogP contribution in [0.15, 0.2) is 18.2 Å². The maximum absolute atomic E-state index is 13.3. The van der Waals surface area contributed by atoms with Crippen molar-refractivity contribution in [2.75, 3.05) is 12.9 Å². The number of nitrogens with zero attached hydrogens (tertiary/aromatic N) is 2. The summed E-state index contributed by atoms with van der Waals surface area (Å²) in [5.41, 5.74) is 1.28. The molecule has 6 heteroatoms. The van der Waals surface area contributed by atoms with Crippen LogP contribution in [0.25, 0.3) is 11.0 Å². The molecule has 0 saturated carbocycles. The Morgan fingerprint density at radius 3 is 3.00 bits per heavy atom. The monoisotopic (exact) mass is 269 g/mol. The van der Waals surface area contributed by atoms with Crippen LogP contribution >= 0.6 is 11.6 Å². The van der Waals surface area contributed by atoms with E-state index in [1.807, 2.05) is 0 Å². The molecule has 1 aromatic heterocycles. The molecule has 0 radical (unpaired) electrons. The van der Waals surface area contributed by atoms with Crippen LogP contribution in [-0.4, -0.2) is 28.4 Å². The highest BCUT2D eigenvalue weighted by molar-refractivity contribution is 6.17. The fourth-order valence-corrected chi connectivity index (χ4v) is 1.99. The van der Waals surface area contributed by atoms with Gasteiger partial charge in [0.1, 0.15) is 18.2 Å². The molecule has 2 rings (SSSR count). The fourth-order valence-electron chi connectivity index (χ4n) is 1.82. The third kappa shape index (κ3) is 2.46. The minimum atomic E-state index is -0.349. The van der Waals surface area contributed by atoms with Crippen LogP contribution in [0.5, 0.6) is 0 Å². The Morgan fingerprint density at radius 2 is 2.33 bits per heavy atom. The minimum absolute atomic E-state index is 0.114. The predicted molar refractivity (Wildman–Crippen MR) is 68.2 cm³/mol. The molecule has 4 nitrogen and oxygen atoms in total. The number of carbonyl (C=O) groups is 1. The number of aryl methyl sites for hydroxylation is 1. The molecule has 1 amide bonds. The zero-order valence-electron chi connectivity index (χ0n) is 9.91. The zero-order chi connectivity index (χ0) is 13.1. The van der Waals surface area contributed by atoms with E-state index in [1.165, 1.54) is 12.1 Å². The molecule has 0 spiro atoms. The van der Waals surface area contributed by atoms with Crippen molar-refractivity contribution < 1.29 is 9.18 Å². The molecular formula is C12H13ClFN3O. The van der Waals surface area contributed by atoms with Gasteiger partial charge in [0.05, 0.1) is 11.0 Å². The average Bonchev–Trinajstić information content (AvgIpc) is 2.68. The lowest BCUT2D eigenvalue weighted by Crippen LogP contribution is -2.24. The second-order valence-electron chi connectivity index (χ2n) is 3.86. The second-order valence-corrected chi connectivity index (χ2v) is 4.24. The van der Waals surface area contributed by atoms with Crippen LogP contribution in [0.1, 0.15) is 5.82 Å². The third-order valence-corrected chi connectivity index (χ3v) is 2.88. The summed E-state index contributed by atoms with van der Waals surface area (Å²) < 4.78 is 15.0. The number of rotatable bonds is 4. The van der Waals surface area contributed by atoms with E-state index in [4.69, 9.17) is 11.6 Å². The van der Waals surface area contributed by atoms with Crippen molar-refractivity contribution in [1.29, 1.82) is 0 Å². The number of fused-ring (bicyclic) bond motifs is 1. The summed E-state index contributed by atoms with van der Waals surface area (Å²) in [6.07, 6.45) is 0.537. The van der Waals surface area contributed by atoms with Gasteiger partial charge in [0.25, 0.3) is 0 Å². The molecule has 0 aliphatic rings. The summed E-state index contributed by atoms with van der Waals surface area (Å²) >= 11 is 5.71. The topological polar surface area (TPSA) is 46.9 Å². The van der Waals surface area contributed by atoms with Crippen molar-refractivity contribution >= 4 is 28.5 Å². The molecule has 2 aromatic rings. The third-order valence-electron chi connectivity index (χ3n) is 2.69. The van der Waals surface area contributed by atoms with Gasteiger partial charge in [-0.1, -0.05) is 0 Å². The number of carbonyl (C=O) groups excluding carboxylic acids is 1. The number of benzene rings is 1. The summed E-state index contributed by atoms with van der Waals surface area (Å²) in [4.78, 5) is 15.8. The first-order chi connectivity index (χ1) is 8.65. The van der Waals surface area contributed by atoms with Gasteiger partial charge in [0.2, 0.25) is 5.91 Å². The Bertz CT molecular complexity index is 582. The number of aromatic nitrogens is 2. The molecule has 1 heterocycles. The number of hydrogen-bond acceptors (Lipinski definition) is 2. The molecule has 96 valence electrons. The second kappa shape index (κ2) is 5.35. The van der Waals surface area contributed by atoms with Crippen LogP contribution in [-0.2, 0) is 17.8 Å². The van der Waals surface area contributed by atoms with Gasteiger partial charge in [-0.25, -0.2) is 9.37 Å². The normalized spacial score (nSPS) is 10.8. The summed E-state index contributed by atoms with van der Waals surface area (Å²) in [7, 11) is 1.56. The molecule has 0 aliphatic carbocycles. The lowest BCUT2D eigenvalue weighted by Gasteiger charge is -2.07. The first-order valence-electron chi connectivity index (χ1n) is 5.57.